The van der Waals surface area contributed by atoms with Crippen LogP contribution < -0.4 is 9.47 Å². The van der Waals surface area contributed by atoms with Crippen molar-refractivity contribution in [3.8, 4) is 11.5 Å². The fourth-order valence-corrected chi connectivity index (χ4v) is 2.13. The van der Waals surface area contributed by atoms with Crippen molar-refractivity contribution in [3.63, 3.8) is 0 Å². The molecule has 1 aromatic carbocycles. The van der Waals surface area contributed by atoms with Crippen LogP contribution in [0.3, 0.4) is 0 Å². The Morgan fingerprint density at radius 3 is 2.55 bits per heavy atom. The second-order valence-corrected chi connectivity index (χ2v) is 5.87. The number of aliphatic hydroxyl groups excluding tert-OH is 1. The van der Waals surface area contributed by atoms with Gasteiger partial charge in [0.2, 0.25) is 0 Å². The Morgan fingerprint density at radius 2 is 1.85 bits per heavy atom. The van der Waals surface area contributed by atoms with E-state index < -0.39 is 6.10 Å². The standard InChI is InChI=1S/C16H18O4/c1-16(2)9-19-12-6-5-11(8-14(12)20-10-16)15(17)13-4-3-7-18-13/h3-8,15,17H,9-10H2,1-2H3/t15-/m1/s1. The van der Waals surface area contributed by atoms with Crippen LogP contribution >= 0.6 is 0 Å². The minimum absolute atomic E-state index is 0.0290. The van der Waals surface area contributed by atoms with Gasteiger partial charge in [-0.15, -0.1) is 0 Å². The molecule has 4 heteroatoms. The van der Waals surface area contributed by atoms with Crippen molar-refractivity contribution in [1.29, 1.82) is 0 Å². The Hall–Kier alpha value is -1.94. The topological polar surface area (TPSA) is 51.8 Å². The van der Waals surface area contributed by atoms with Gasteiger partial charge in [0.1, 0.15) is 11.9 Å². The van der Waals surface area contributed by atoms with E-state index in [1.54, 1.807) is 18.4 Å². The van der Waals surface area contributed by atoms with Gasteiger partial charge < -0.3 is 19.0 Å². The van der Waals surface area contributed by atoms with Gasteiger partial charge in [0.05, 0.1) is 19.5 Å². The molecule has 1 atom stereocenters. The van der Waals surface area contributed by atoms with E-state index in [2.05, 4.69) is 13.8 Å². The predicted molar refractivity (Wildman–Crippen MR) is 74.0 cm³/mol. The van der Waals surface area contributed by atoms with Gasteiger partial charge >= 0.3 is 0 Å². The summed E-state index contributed by atoms with van der Waals surface area (Å²) < 4.78 is 16.8. The van der Waals surface area contributed by atoms with Crippen LogP contribution in [0.4, 0.5) is 0 Å². The molecule has 0 saturated heterocycles. The molecule has 2 heterocycles. The zero-order valence-corrected chi connectivity index (χ0v) is 11.6. The molecule has 2 aromatic rings. The molecule has 0 aliphatic carbocycles. The third-order valence-corrected chi connectivity index (χ3v) is 3.33. The van der Waals surface area contributed by atoms with Crippen LogP contribution in [-0.2, 0) is 0 Å². The molecular weight excluding hydrogens is 256 g/mol. The lowest BCUT2D eigenvalue weighted by Gasteiger charge is -2.19. The van der Waals surface area contributed by atoms with E-state index >= 15 is 0 Å². The smallest absolute Gasteiger partial charge is 0.161 e. The van der Waals surface area contributed by atoms with Crippen LogP contribution in [0.25, 0.3) is 0 Å². The molecule has 0 radical (unpaired) electrons. The minimum Gasteiger partial charge on any atom is -0.489 e. The van der Waals surface area contributed by atoms with Crippen molar-refractivity contribution in [3.05, 3.63) is 47.9 Å². The van der Waals surface area contributed by atoms with Crippen molar-refractivity contribution in [1.82, 2.24) is 0 Å². The molecule has 3 rings (SSSR count). The Kier molecular flexibility index (Phi) is 3.18. The summed E-state index contributed by atoms with van der Waals surface area (Å²) in [5.41, 5.74) is 0.695. The number of rotatable bonds is 2. The molecule has 106 valence electrons. The van der Waals surface area contributed by atoms with Crippen LogP contribution in [0.2, 0.25) is 0 Å². The van der Waals surface area contributed by atoms with Crippen molar-refractivity contribution in [2.75, 3.05) is 13.2 Å². The van der Waals surface area contributed by atoms with Gasteiger partial charge in [-0.05, 0) is 29.8 Å². The highest BCUT2D eigenvalue weighted by Crippen LogP contribution is 2.36. The number of ether oxygens (including phenoxy) is 2. The maximum atomic E-state index is 10.3. The molecule has 0 fully saturated rings. The van der Waals surface area contributed by atoms with Crippen molar-refractivity contribution in [2.24, 2.45) is 5.41 Å². The lowest BCUT2D eigenvalue weighted by Crippen LogP contribution is -2.26. The Labute approximate surface area is 117 Å². The van der Waals surface area contributed by atoms with Crippen molar-refractivity contribution in [2.45, 2.75) is 20.0 Å². The summed E-state index contributed by atoms with van der Waals surface area (Å²) >= 11 is 0. The molecule has 1 aliphatic rings. The van der Waals surface area contributed by atoms with E-state index in [4.69, 9.17) is 13.9 Å². The number of hydrogen-bond donors (Lipinski definition) is 1. The first-order valence-electron chi connectivity index (χ1n) is 6.66. The molecular formula is C16H18O4. The normalized spacial score (nSPS) is 18.4. The first-order chi connectivity index (χ1) is 9.55. The van der Waals surface area contributed by atoms with Crippen molar-refractivity contribution < 1.29 is 19.0 Å². The first kappa shape index (κ1) is 13.1. The summed E-state index contributed by atoms with van der Waals surface area (Å²) in [4.78, 5) is 0. The van der Waals surface area contributed by atoms with Gasteiger partial charge in [0.25, 0.3) is 0 Å². The molecule has 4 nitrogen and oxygen atoms in total. The molecule has 0 unspecified atom stereocenters. The predicted octanol–water partition coefficient (Wildman–Crippen LogP) is 3.16. The third kappa shape index (κ3) is 2.51. The molecule has 20 heavy (non-hydrogen) atoms. The SMILES string of the molecule is CC1(C)COc2ccc([C@@H](O)c3ccco3)cc2OC1. The van der Waals surface area contributed by atoms with E-state index in [0.717, 1.165) is 5.56 Å². The zero-order chi connectivity index (χ0) is 14.2. The Balaban J connectivity index is 1.89. The van der Waals surface area contributed by atoms with Gasteiger partial charge in [-0.25, -0.2) is 0 Å². The summed E-state index contributed by atoms with van der Waals surface area (Å²) in [5, 5.41) is 10.3. The monoisotopic (exact) mass is 274 g/mol. The number of benzene rings is 1. The van der Waals surface area contributed by atoms with E-state index in [0.29, 0.717) is 30.5 Å². The van der Waals surface area contributed by atoms with Crippen LogP contribution in [0, 0.1) is 5.41 Å². The molecule has 0 bridgehead atoms. The number of furan rings is 1. The largest absolute Gasteiger partial charge is 0.489 e. The summed E-state index contributed by atoms with van der Waals surface area (Å²) in [6.45, 7) is 5.38. The highest BCUT2D eigenvalue weighted by molar-refractivity contribution is 5.45. The molecule has 1 aliphatic heterocycles. The summed E-state index contributed by atoms with van der Waals surface area (Å²) in [5.74, 6) is 1.89. The number of hydrogen-bond acceptors (Lipinski definition) is 4. The van der Waals surface area contributed by atoms with Crippen LogP contribution in [0.1, 0.15) is 31.3 Å². The average molecular weight is 274 g/mol. The van der Waals surface area contributed by atoms with E-state index in [1.807, 2.05) is 18.2 Å². The minimum atomic E-state index is -0.796. The Morgan fingerprint density at radius 1 is 1.10 bits per heavy atom. The highest BCUT2D eigenvalue weighted by Gasteiger charge is 2.26. The Bertz CT molecular complexity index is 587. The fraction of sp³-hybridized carbons (Fsp3) is 0.375. The van der Waals surface area contributed by atoms with Gasteiger partial charge in [-0.3, -0.25) is 0 Å². The number of fused-ring (bicyclic) bond motifs is 1. The van der Waals surface area contributed by atoms with Gasteiger partial charge in [-0.1, -0.05) is 19.9 Å². The third-order valence-electron chi connectivity index (χ3n) is 3.33. The van der Waals surface area contributed by atoms with Crippen LogP contribution in [0.5, 0.6) is 11.5 Å². The van der Waals surface area contributed by atoms with Crippen LogP contribution in [-0.4, -0.2) is 18.3 Å². The lowest BCUT2D eigenvalue weighted by molar-refractivity contribution is 0.140. The molecule has 1 aromatic heterocycles. The van der Waals surface area contributed by atoms with Gasteiger partial charge in [-0.2, -0.15) is 0 Å². The summed E-state index contributed by atoms with van der Waals surface area (Å²) in [7, 11) is 0. The van der Waals surface area contributed by atoms with E-state index in [1.165, 1.54) is 0 Å². The lowest BCUT2D eigenvalue weighted by atomic mass is 9.97. The second kappa shape index (κ2) is 4.87. The first-order valence-corrected chi connectivity index (χ1v) is 6.66. The fourth-order valence-electron chi connectivity index (χ4n) is 2.13. The quantitative estimate of drug-likeness (QED) is 0.914. The van der Waals surface area contributed by atoms with E-state index in [9.17, 15) is 5.11 Å². The molecule has 0 amide bonds. The summed E-state index contributed by atoms with van der Waals surface area (Å²) in [6.07, 6.45) is 0.750. The second-order valence-electron chi connectivity index (χ2n) is 5.87. The maximum absolute atomic E-state index is 10.3. The van der Waals surface area contributed by atoms with E-state index in [-0.39, 0.29) is 5.41 Å². The molecule has 0 saturated carbocycles. The zero-order valence-electron chi connectivity index (χ0n) is 11.6. The molecule has 0 spiro atoms. The van der Waals surface area contributed by atoms with Gasteiger partial charge in [0, 0.05) is 5.41 Å². The van der Waals surface area contributed by atoms with Crippen molar-refractivity contribution >= 4 is 0 Å². The van der Waals surface area contributed by atoms with Crippen LogP contribution in [0.15, 0.2) is 41.0 Å². The summed E-state index contributed by atoms with van der Waals surface area (Å²) in [6, 6.07) is 8.97. The average Bonchev–Trinajstić information content (AvgIpc) is 2.92. The highest BCUT2D eigenvalue weighted by atomic mass is 16.5. The van der Waals surface area contributed by atoms with Gasteiger partial charge in [0.15, 0.2) is 11.5 Å². The maximum Gasteiger partial charge on any atom is 0.161 e. The molecule has 1 N–H and O–H groups in total. The number of aliphatic hydroxyl groups is 1.